The highest BCUT2D eigenvalue weighted by atomic mass is 35.5. The van der Waals surface area contributed by atoms with Gasteiger partial charge in [0.25, 0.3) is 0 Å². The summed E-state index contributed by atoms with van der Waals surface area (Å²) >= 11 is 1.83. The first kappa shape index (κ1) is 34.4. The molecule has 4 aromatic rings. The summed E-state index contributed by atoms with van der Waals surface area (Å²) in [5.41, 5.74) is 3.73. The van der Waals surface area contributed by atoms with Crippen molar-refractivity contribution in [3.8, 4) is 0 Å². The van der Waals surface area contributed by atoms with Gasteiger partial charge in [-0.2, -0.15) is 0 Å². The van der Waals surface area contributed by atoms with E-state index in [-0.39, 0.29) is 18.2 Å². The van der Waals surface area contributed by atoms with Gasteiger partial charge in [-0.1, -0.05) is 79.7 Å². The van der Waals surface area contributed by atoms with Gasteiger partial charge in [0.1, 0.15) is 5.82 Å². The summed E-state index contributed by atoms with van der Waals surface area (Å²) in [6.45, 7) is 17.3. The summed E-state index contributed by atoms with van der Waals surface area (Å²) in [5.74, 6) is 2.21. The van der Waals surface area contributed by atoms with Crippen LogP contribution in [0.5, 0.6) is 0 Å². The summed E-state index contributed by atoms with van der Waals surface area (Å²) in [6.07, 6.45) is 5.74. The average Bonchev–Trinajstić information content (AvgIpc) is 3.42. The highest BCUT2D eigenvalue weighted by Gasteiger charge is 1.98. The van der Waals surface area contributed by atoms with Gasteiger partial charge in [-0.3, -0.25) is 4.98 Å². The van der Waals surface area contributed by atoms with Crippen LogP contribution in [0.2, 0.25) is 0 Å². The fourth-order valence-corrected chi connectivity index (χ4v) is 3.71. The first-order chi connectivity index (χ1) is 17.1. The third-order valence-electron chi connectivity index (χ3n) is 5.34. The number of thiophene rings is 1. The summed E-state index contributed by atoms with van der Waals surface area (Å²) in [5, 5.41) is 2.12. The molecule has 5 heteroatoms. The fourth-order valence-electron chi connectivity index (χ4n) is 2.97. The minimum Gasteiger partial charge on any atom is -0.261 e. The van der Waals surface area contributed by atoms with Crippen molar-refractivity contribution in [2.24, 2.45) is 0 Å². The second kappa shape index (κ2) is 19.5. The minimum absolute atomic E-state index is 0. The van der Waals surface area contributed by atoms with Crippen molar-refractivity contribution in [3.05, 3.63) is 118 Å². The highest BCUT2D eigenvalue weighted by molar-refractivity contribution is 7.10. The lowest BCUT2D eigenvalue weighted by molar-refractivity contribution is -0.378. The molecule has 0 spiro atoms. The SMILES string of the molecule is CC(C)c1cc[nH+]cc1.CC(C)c1ccc(F)cc1.CC(C)c1ccccn1.CC(C)c1cccs1.Cl. The number of hydrogen-bond donors (Lipinski definition) is 0. The summed E-state index contributed by atoms with van der Waals surface area (Å²) in [7, 11) is 0. The third kappa shape index (κ3) is 15.3. The van der Waals surface area contributed by atoms with Crippen LogP contribution in [0.3, 0.4) is 0 Å². The van der Waals surface area contributed by atoms with Crippen molar-refractivity contribution < 1.29 is 9.37 Å². The number of H-pyrrole nitrogens is 1. The molecule has 2 nitrogen and oxygen atoms in total. The third-order valence-corrected chi connectivity index (χ3v) is 6.51. The van der Waals surface area contributed by atoms with E-state index in [1.54, 1.807) is 0 Å². The number of aromatic nitrogens is 2. The quantitative estimate of drug-likeness (QED) is 0.251. The lowest BCUT2D eigenvalue weighted by Gasteiger charge is -2.02. The standard InChI is InChI=1S/C9H11F.2C8H11N.C7H10S.ClH/c1-7(2)8-3-5-9(10)6-4-8;1-7(2)8-3-5-9-6-4-8;1-7(2)8-5-3-4-6-9-8;1-6(2)7-4-3-5-8-7;/h3-7H,1-2H3;2*3-7H,1-2H3;3-6H,1-2H3;1H/p+1. The molecule has 0 atom stereocenters. The van der Waals surface area contributed by atoms with E-state index in [1.807, 2.05) is 60.3 Å². The van der Waals surface area contributed by atoms with Gasteiger partial charge < -0.3 is 0 Å². The van der Waals surface area contributed by atoms with Crippen LogP contribution in [-0.2, 0) is 0 Å². The molecule has 0 aliphatic heterocycles. The molecule has 37 heavy (non-hydrogen) atoms. The molecule has 0 aliphatic rings. The predicted molar refractivity (Wildman–Crippen MR) is 162 cm³/mol. The summed E-state index contributed by atoms with van der Waals surface area (Å²) in [4.78, 5) is 8.64. The molecule has 3 aromatic heterocycles. The minimum atomic E-state index is -0.163. The van der Waals surface area contributed by atoms with Crippen molar-refractivity contribution in [2.45, 2.75) is 79.1 Å². The zero-order valence-electron chi connectivity index (χ0n) is 23.6. The van der Waals surface area contributed by atoms with Gasteiger partial charge in [-0.15, -0.1) is 23.7 Å². The van der Waals surface area contributed by atoms with Gasteiger partial charge in [0, 0.05) is 28.9 Å². The molecule has 1 aromatic carbocycles. The van der Waals surface area contributed by atoms with Crippen molar-refractivity contribution in [1.29, 1.82) is 0 Å². The van der Waals surface area contributed by atoms with Crippen LogP contribution >= 0.6 is 23.7 Å². The monoisotopic (exact) mass is 543 g/mol. The van der Waals surface area contributed by atoms with Gasteiger partial charge in [-0.05, 0) is 70.5 Å². The molecule has 4 rings (SSSR count). The Labute approximate surface area is 234 Å². The topological polar surface area (TPSA) is 27.0 Å². The predicted octanol–water partition coefficient (Wildman–Crippen LogP) is 10.1. The van der Waals surface area contributed by atoms with E-state index in [1.165, 1.54) is 28.1 Å². The molecule has 0 fully saturated rings. The van der Waals surface area contributed by atoms with Gasteiger partial charge in [0.2, 0.25) is 0 Å². The van der Waals surface area contributed by atoms with Gasteiger partial charge in [-0.25, -0.2) is 9.37 Å². The van der Waals surface area contributed by atoms with Crippen LogP contribution in [0.25, 0.3) is 0 Å². The molecule has 0 bridgehead atoms. The Kier molecular flexibility index (Phi) is 18.2. The number of rotatable bonds is 4. The van der Waals surface area contributed by atoms with E-state index in [2.05, 4.69) is 95.0 Å². The normalized spacial score (nSPS) is 9.97. The van der Waals surface area contributed by atoms with Gasteiger partial charge in [0.05, 0.1) is 0 Å². The lowest BCUT2D eigenvalue weighted by Crippen LogP contribution is -1.99. The number of aromatic amines is 1. The molecule has 1 N–H and O–H groups in total. The number of halogens is 2. The van der Waals surface area contributed by atoms with Crippen molar-refractivity contribution >= 4 is 23.7 Å². The summed E-state index contributed by atoms with van der Waals surface area (Å²) in [6, 6.07) is 21.1. The number of nitrogens with one attached hydrogen (secondary N) is 1. The van der Waals surface area contributed by atoms with Crippen LogP contribution in [-0.4, -0.2) is 4.98 Å². The van der Waals surface area contributed by atoms with Crippen molar-refractivity contribution in [2.75, 3.05) is 0 Å². The molecule has 0 unspecified atom stereocenters. The molecule has 0 aliphatic carbocycles. The average molecular weight is 544 g/mol. The van der Waals surface area contributed by atoms with Crippen LogP contribution < -0.4 is 4.98 Å². The number of pyridine rings is 2. The van der Waals surface area contributed by atoms with Crippen molar-refractivity contribution in [3.63, 3.8) is 0 Å². The zero-order chi connectivity index (χ0) is 26.9. The molecule has 0 saturated heterocycles. The Morgan fingerprint density at radius 1 is 0.649 bits per heavy atom. The summed E-state index contributed by atoms with van der Waals surface area (Å²) < 4.78 is 12.4. The molecular formula is C32H45ClFN2S+. The van der Waals surface area contributed by atoms with E-state index in [4.69, 9.17) is 0 Å². The van der Waals surface area contributed by atoms with Crippen molar-refractivity contribution in [1.82, 2.24) is 4.98 Å². The first-order valence-corrected chi connectivity index (χ1v) is 13.7. The van der Waals surface area contributed by atoms with Crippen LogP contribution in [0.15, 0.2) is 90.7 Å². The maximum atomic E-state index is 12.4. The van der Waals surface area contributed by atoms with E-state index in [0.29, 0.717) is 23.7 Å². The van der Waals surface area contributed by atoms with E-state index in [9.17, 15) is 4.39 Å². The maximum absolute atomic E-state index is 12.4. The Bertz CT molecular complexity index is 990. The molecule has 0 amide bonds. The number of nitrogens with zero attached hydrogens (tertiary/aromatic N) is 1. The van der Waals surface area contributed by atoms with Crippen LogP contribution in [0.1, 0.15) is 101 Å². The second-order valence-corrected chi connectivity index (χ2v) is 10.8. The van der Waals surface area contributed by atoms with Gasteiger partial charge in [0.15, 0.2) is 12.4 Å². The second-order valence-electron chi connectivity index (χ2n) is 9.77. The highest BCUT2D eigenvalue weighted by Crippen LogP contribution is 2.18. The molecule has 0 radical (unpaired) electrons. The smallest absolute Gasteiger partial charge is 0.167 e. The Balaban J connectivity index is 0.000000464. The van der Waals surface area contributed by atoms with E-state index >= 15 is 0 Å². The number of hydrogen-bond acceptors (Lipinski definition) is 2. The largest absolute Gasteiger partial charge is 0.261 e. The number of benzene rings is 1. The Hall–Kier alpha value is -2.56. The molecular weight excluding hydrogens is 499 g/mol. The van der Waals surface area contributed by atoms with Gasteiger partial charge >= 0.3 is 0 Å². The van der Waals surface area contributed by atoms with Crippen LogP contribution in [0.4, 0.5) is 4.39 Å². The maximum Gasteiger partial charge on any atom is 0.167 e. The Morgan fingerprint density at radius 3 is 1.54 bits per heavy atom. The lowest BCUT2D eigenvalue weighted by atomic mass is 10.0. The molecule has 3 heterocycles. The Morgan fingerprint density at radius 2 is 1.22 bits per heavy atom. The van der Waals surface area contributed by atoms with E-state index in [0.717, 1.165) is 5.69 Å². The first-order valence-electron chi connectivity index (χ1n) is 12.8. The van der Waals surface area contributed by atoms with Crippen LogP contribution in [0, 0.1) is 5.82 Å². The molecule has 0 saturated carbocycles. The fraction of sp³-hybridized carbons (Fsp3) is 0.375. The molecule has 202 valence electrons. The zero-order valence-corrected chi connectivity index (χ0v) is 25.2. The van der Waals surface area contributed by atoms with E-state index < -0.39 is 0 Å².